The second-order valence-electron chi connectivity index (χ2n) is 7.23. The topological polar surface area (TPSA) is 46.2 Å². The molecular formula is C20H27NO2S. The highest BCUT2D eigenvalue weighted by Gasteiger charge is 2.32. The van der Waals surface area contributed by atoms with Gasteiger partial charge in [-0.25, -0.2) is 13.1 Å². The van der Waals surface area contributed by atoms with Crippen LogP contribution >= 0.6 is 0 Å². The molecular weight excluding hydrogens is 318 g/mol. The molecule has 4 heteroatoms. The molecule has 2 atom stereocenters. The second-order valence-corrected chi connectivity index (χ2v) is 9.70. The van der Waals surface area contributed by atoms with Crippen molar-refractivity contribution in [1.82, 2.24) is 4.72 Å². The Labute approximate surface area is 146 Å². The minimum Gasteiger partial charge on any atom is -0.212 e. The van der Waals surface area contributed by atoms with Crippen LogP contribution in [0.1, 0.15) is 44.7 Å². The molecule has 0 heterocycles. The summed E-state index contributed by atoms with van der Waals surface area (Å²) in [6.07, 6.45) is 0.790. The number of sulfonamides is 1. The van der Waals surface area contributed by atoms with Crippen LogP contribution in [0.25, 0.3) is 0 Å². The predicted molar refractivity (Wildman–Crippen MR) is 101 cm³/mol. The van der Waals surface area contributed by atoms with E-state index in [1.165, 1.54) is 5.56 Å². The van der Waals surface area contributed by atoms with Crippen LogP contribution in [-0.2, 0) is 16.4 Å². The van der Waals surface area contributed by atoms with Crippen molar-refractivity contribution in [2.24, 2.45) is 0 Å². The minimum absolute atomic E-state index is 0.0747. The molecule has 0 amide bonds. The summed E-state index contributed by atoms with van der Waals surface area (Å²) in [6, 6.07) is 20.1. The zero-order chi connectivity index (χ0) is 17.8. The Morgan fingerprint density at radius 2 is 1.42 bits per heavy atom. The maximum atomic E-state index is 12.5. The van der Waals surface area contributed by atoms with Gasteiger partial charge in [0.1, 0.15) is 0 Å². The molecule has 0 fully saturated rings. The smallest absolute Gasteiger partial charge is 0.212 e. The molecule has 0 radical (unpaired) electrons. The fourth-order valence-corrected chi connectivity index (χ4v) is 3.66. The van der Waals surface area contributed by atoms with Crippen molar-refractivity contribution in [2.45, 2.75) is 50.8 Å². The quantitative estimate of drug-likeness (QED) is 0.856. The van der Waals surface area contributed by atoms with Gasteiger partial charge in [0.05, 0.1) is 4.75 Å². The molecule has 2 aromatic rings. The van der Waals surface area contributed by atoms with E-state index in [0.717, 1.165) is 12.0 Å². The van der Waals surface area contributed by atoms with Gasteiger partial charge in [-0.05, 0) is 45.2 Å². The molecule has 2 rings (SSSR count). The van der Waals surface area contributed by atoms with Crippen LogP contribution in [-0.4, -0.2) is 19.2 Å². The van der Waals surface area contributed by atoms with Crippen LogP contribution in [0.3, 0.4) is 0 Å². The third kappa shape index (κ3) is 4.68. The molecule has 0 spiro atoms. The summed E-state index contributed by atoms with van der Waals surface area (Å²) >= 11 is 0. The van der Waals surface area contributed by atoms with E-state index in [9.17, 15) is 8.42 Å². The first-order valence-corrected chi connectivity index (χ1v) is 9.80. The molecule has 0 aliphatic carbocycles. The fourth-order valence-electron chi connectivity index (χ4n) is 2.66. The van der Waals surface area contributed by atoms with Crippen LogP contribution in [0, 0.1) is 0 Å². The van der Waals surface area contributed by atoms with Gasteiger partial charge in [0.25, 0.3) is 0 Å². The van der Waals surface area contributed by atoms with Crippen molar-refractivity contribution in [3.63, 3.8) is 0 Å². The Morgan fingerprint density at radius 1 is 0.917 bits per heavy atom. The Morgan fingerprint density at radius 3 is 1.92 bits per heavy atom. The van der Waals surface area contributed by atoms with Gasteiger partial charge >= 0.3 is 0 Å². The summed E-state index contributed by atoms with van der Waals surface area (Å²) in [5.74, 6) is 0.0747. The van der Waals surface area contributed by atoms with Crippen molar-refractivity contribution in [2.75, 3.05) is 0 Å². The summed E-state index contributed by atoms with van der Waals surface area (Å²) in [7, 11) is -3.39. The molecule has 0 aromatic heterocycles. The Balaban J connectivity index is 2.29. The Hall–Kier alpha value is -1.65. The Kier molecular flexibility index (Phi) is 5.83. The van der Waals surface area contributed by atoms with Crippen molar-refractivity contribution in [3.8, 4) is 0 Å². The highest BCUT2D eigenvalue weighted by Crippen LogP contribution is 2.26. The van der Waals surface area contributed by atoms with Crippen LogP contribution in [0.5, 0.6) is 0 Å². The third-order valence-electron chi connectivity index (χ3n) is 4.28. The van der Waals surface area contributed by atoms with Crippen molar-refractivity contribution in [1.29, 1.82) is 0 Å². The maximum absolute atomic E-state index is 12.5. The lowest BCUT2D eigenvalue weighted by Crippen LogP contribution is -2.46. The van der Waals surface area contributed by atoms with Gasteiger partial charge in [0.15, 0.2) is 0 Å². The molecule has 2 aromatic carbocycles. The third-order valence-corrected chi connectivity index (χ3v) is 6.57. The van der Waals surface area contributed by atoms with Crippen LogP contribution in [0.2, 0.25) is 0 Å². The average molecular weight is 346 g/mol. The lowest BCUT2D eigenvalue weighted by Gasteiger charge is -2.29. The highest BCUT2D eigenvalue weighted by molar-refractivity contribution is 7.90. The van der Waals surface area contributed by atoms with Crippen molar-refractivity contribution >= 4 is 10.0 Å². The summed E-state index contributed by atoms with van der Waals surface area (Å²) < 4.78 is 27.1. The van der Waals surface area contributed by atoms with E-state index in [0.29, 0.717) is 0 Å². The van der Waals surface area contributed by atoms with Gasteiger partial charge in [-0.2, -0.15) is 0 Å². The Bertz CT molecular complexity index is 734. The fraction of sp³-hybridized carbons (Fsp3) is 0.400. The SMILES string of the molecule is CC(NS(=O)(=O)C(C)(C)C)C(Cc1ccccc1)c1ccccc1. The molecule has 2 unspecified atom stereocenters. The molecule has 0 bridgehead atoms. The second kappa shape index (κ2) is 7.49. The van der Waals surface area contributed by atoms with Gasteiger partial charge < -0.3 is 0 Å². The molecule has 3 nitrogen and oxygen atoms in total. The van der Waals surface area contributed by atoms with Crippen LogP contribution < -0.4 is 4.72 Å². The first kappa shape index (κ1) is 18.7. The monoisotopic (exact) mass is 345 g/mol. The van der Waals surface area contributed by atoms with Gasteiger partial charge in [-0.3, -0.25) is 0 Å². The molecule has 0 saturated carbocycles. The largest absolute Gasteiger partial charge is 0.216 e. The highest BCUT2D eigenvalue weighted by atomic mass is 32.2. The van der Waals surface area contributed by atoms with E-state index in [1.54, 1.807) is 20.8 Å². The van der Waals surface area contributed by atoms with E-state index in [-0.39, 0.29) is 12.0 Å². The summed E-state index contributed by atoms with van der Waals surface area (Å²) in [5.41, 5.74) is 2.35. The number of hydrogen-bond donors (Lipinski definition) is 1. The molecule has 0 aliphatic heterocycles. The van der Waals surface area contributed by atoms with E-state index < -0.39 is 14.8 Å². The lowest BCUT2D eigenvalue weighted by molar-refractivity contribution is 0.487. The minimum atomic E-state index is -3.39. The first-order chi connectivity index (χ1) is 11.2. The van der Waals surface area contributed by atoms with Gasteiger partial charge in [-0.15, -0.1) is 0 Å². The standard InChI is InChI=1S/C20H27NO2S/c1-16(21-24(22,23)20(2,3)4)19(18-13-9-6-10-14-18)15-17-11-7-5-8-12-17/h5-14,16,19,21H,15H2,1-4H3. The van der Waals surface area contributed by atoms with E-state index in [1.807, 2.05) is 43.3 Å². The first-order valence-electron chi connectivity index (χ1n) is 8.31. The zero-order valence-electron chi connectivity index (χ0n) is 14.9. The number of nitrogens with one attached hydrogen (secondary N) is 1. The van der Waals surface area contributed by atoms with Crippen LogP contribution in [0.15, 0.2) is 60.7 Å². The summed E-state index contributed by atoms with van der Waals surface area (Å²) in [5, 5.41) is 0. The number of benzene rings is 2. The molecule has 130 valence electrons. The molecule has 24 heavy (non-hydrogen) atoms. The van der Waals surface area contributed by atoms with Gasteiger partial charge in [-0.1, -0.05) is 60.7 Å². The molecule has 0 aliphatic rings. The predicted octanol–water partition coefficient (Wildman–Crippen LogP) is 4.12. The van der Waals surface area contributed by atoms with E-state index in [2.05, 4.69) is 29.0 Å². The van der Waals surface area contributed by atoms with Crippen molar-refractivity contribution < 1.29 is 8.42 Å². The maximum Gasteiger partial charge on any atom is 0.216 e. The van der Waals surface area contributed by atoms with Gasteiger partial charge in [0, 0.05) is 12.0 Å². The average Bonchev–Trinajstić information content (AvgIpc) is 2.53. The van der Waals surface area contributed by atoms with Gasteiger partial charge in [0.2, 0.25) is 10.0 Å². The zero-order valence-corrected chi connectivity index (χ0v) is 15.7. The summed E-state index contributed by atoms with van der Waals surface area (Å²) in [4.78, 5) is 0. The molecule has 0 saturated heterocycles. The van der Waals surface area contributed by atoms with E-state index >= 15 is 0 Å². The van der Waals surface area contributed by atoms with Crippen molar-refractivity contribution in [3.05, 3.63) is 71.8 Å². The molecule has 1 N–H and O–H groups in total. The van der Waals surface area contributed by atoms with E-state index in [4.69, 9.17) is 0 Å². The number of hydrogen-bond acceptors (Lipinski definition) is 2. The lowest BCUT2D eigenvalue weighted by atomic mass is 9.87. The number of rotatable bonds is 6. The normalized spacial score (nSPS) is 15.0. The van der Waals surface area contributed by atoms with Crippen LogP contribution in [0.4, 0.5) is 0 Å². The summed E-state index contributed by atoms with van der Waals surface area (Å²) in [6.45, 7) is 7.11.